The van der Waals surface area contributed by atoms with Crippen LogP contribution in [0.15, 0.2) is 0 Å². The van der Waals surface area contributed by atoms with Crippen molar-refractivity contribution >= 4 is 15.8 Å². The van der Waals surface area contributed by atoms with Crippen molar-refractivity contribution in [2.75, 3.05) is 24.6 Å². The third-order valence-corrected chi connectivity index (χ3v) is 5.54. The number of carboxylic acid groups (broad SMARTS) is 1. The number of rotatable bonds is 3. The van der Waals surface area contributed by atoms with Crippen LogP contribution in [-0.2, 0) is 14.6 Å². The average Bonchev–Trinajstić information content (AvgIpc) is 2.65. The van der Waals surface area contributed by atoms with Crippen LogP contribution < -0.4 is 0 Å². The zero-order valence-corrected chi connectivity index (χ0v) is 10.7. The molecule has 5 nitrogen and oxygen atoms in total. The molecule has 0 aromatic carbocycles. The predicted octanol–water partition coefficient (Wildman–Crippen LogP) is 0.360. The van der Waals surface area contributed by atoms with Crippen molar-refractivity contribution < 1.29 is 18.3 Å². The van der Waals surface area contributed by atoms with Gasteiger partial charge in [0, 0.05) is 19.0 Å². The second-order valence-corrected chi connectivity index (χ2v) is 7.43. The minimum absolute atomic E-state index is 0.238. The van der Waals surface area contributed by atoms with Crippen LogP contribution in [0.25, 0.3) is 0 Å². The Kier molecular flexibility index (Phi) is 3.73. The first kappa shape index (κ1) is 12.8. The van der Waals surface area contributed by atoms with E-state index in [1.165, 1.54) is 0 Å². The smallest absolute Gasteiger partial charge is 0.303 e. The summed E-state index contributed by atoms with van der Waals surface area (Å²) in [6, 6.07) is 0.345. The Bertz CT molecular complexity index is 378. The molecule has 0 spiro atoms. The molecule has 0 aromatic heterocycles. The average molecular weight is 261 g/mol. The Hall–Kier alpha value is -0.620. The standard InChI is InChI=1S/C11H19NO4S/c13-11(14)7-9-1-4-12(8-9)10-2-5-17(15,16)6-3-10/h9-10H,1-8H2,(H,13,14). The minimum atomic E-state index is -2.80. The van der Waals surface area contributed by atoms with Crippen LogP contribution in [-0.4, -0.2) is 55.0 Å². The molecule has 0 radical (unpaired) electrons. The Labute approximate surface area is 102 Å². The van der Waals surface area contributed by atoms with Crippen molar-refractivity contribution in [3.8, 4) is 0 Å². The quantitative estimate of drug-likeness (QED) is 0.794. The molecule has 2 heterocycles. The molecule has 2 fully saturated rings. The van der Waals surface area contributed by atoms with Gasteiger partial charge in [-0.3, -0.25) is 4.79 Å². The van der Waals surface area contributed by atoms with Crippen LogP contribution in [0.2, 0.25) is 0 Å². The van der Waals surface area contributed by atoms with Crippen LogP contribution >= 0.6 is 0 Å². The fourth-order valence-corrected chi connectivity index (χ4v) is 4.32. The summed E-state index contributed by atoms with van der Waals surface area (Å²) in [5.74, 6) is 0.0873. The highest BCUT2D eigenvalue weighted by atomic mass is 32.2. The molecule has 1 N–H and O–H groups in total. The van der Waals surface area contributed by atoms with Gasteiger partial charge >= 0.3 is 5.97 Å². The summed E-state index contributed by atoms with van der Waals surface area (Å²) in [4.78, 5) is 12.9. The second kappa shape index (κ2) is 4.94. The molecule has 0 aromatic rings. The van der Waals surface area contributed by atoms with Crippen LogP contribution in [0.1, 0.15) is 25.7 Å². The summed E-state index contributed by atoms with van der Waals surface area (Å²) >= 11 is 0. The number of nitrogens with zero attached hydrogens (tertiary/aromatic N) is 1. The van der Waals surface area contributed by atoms with Gasteiger partial charge in [0.05, 0.1) is 11.5 Å². The van der Waals surface area contributed by atoms with E-state index in [0.29, 0.717) is 18.9 Å². The van der Waals surface area contributed by atoms with Crippen molar-refractivity contribution in [3.63, 3.8) is 0 Å². The summed E-state index contributed by atoms with van der Waals surface area (Å²) in [6.07, 6.45) is 2.58. The lowest BCUT2D eigenvalue weighted by Crippen LogP contribution is -2.40. The van der Waals surface area contributed by atoms with E-state index in [9.17, 15) is 13.2 Å². The van der Waals surface area contributed by atoms with Crippen LogP contribution in [0.5, 0.6) is 0 Å². The number of carbonyl (C=O) groups is 1. The van der Waals surface area contributed by atoms with Crippen molar-refractivity contribution in [1.29, 1.82) is 0 Å². The third-order valence-electron chi connectivity index (χ3n) is 3.82. The first-order valence-electron chi connectivity index (χ1n) is 6.12. The highest BCUT2D eigenvalue weighted by Gasteiger charge is 2.33. The summed E-state index contributed by atoms with van der Waals surface area (Å²) in [5, 5.41) is 8.74. The van der Waals surface area contributed by atoms with Gasteiger partial charge in [-0.15, -0.1) is 0 Å². The lowest BCUT2D eigenvalue weighted by molar-refractivity contribution is -0.138. The van der Waals surface area contributed by atoms with E-state index in [0.717, 1.165) is 19.5 Å². The summed E-state index contributed by atoms with van der Waals surface area (Å²) in [6.45, 7) is 1.74. The maximum absolute atomic E-state index is 11.3. The van der Waals surface area contributed by atoms with Crippen molar-refractivity contribution in [2.45, 2.75) is 31.7 Å². The maximum Gasteiger partial charge on any atom is 0.303 e. The number of likely N-dealkylation sites (tertiary alicyclic amines) is 1. The number of hydrogen-bond donors (Lipinski definition) is 1. The molecular weight excluding hydrogens is 242 g/mol. The topological polar surface area (TPSA) is 74.7 Å². The first-order chi connectivity index (χ1) is 7.96. The van der Waals surface area contributed by atoms with Gasteiger partial charge in [-0.05, 0) is 31.7 Å². The van der Waals surface area contributed by atoms with Gasteiger partial charge in [-0.2, -0.15) is 0 Å². The molecule has 17 heavy (non-hydrogen) atoms. The summed E-state index contributed by atoms with van der Waals surface area (Å²) in [7, 11) is -2.80. The largest absolute Gasteiger partial charge is 0.481 e. The minimum Gasteiger partial charge on any atom is -0.481 e. The predicted molar refractivity (Wildman–Crippen MR) is 63.6 cm³/mol. The number of hydrogen-bond acceptors (Lipinski definition) is 4. The molecule has 2 aliphatic heterocycles. The van der Waals surface area contributed by atoms with E-state index in [1.54, 1.807) is 0 Å². The van der Waals surface area contributed by atoms with Crippen LogP contribution in [0, 0.1) is 5.92 Å². The van der Waals surface area contributed by atoms with Gasteiger partial charge in [0.15, 0.2) is 0 Å². The SMILES string of the molecule is O=C(O)CC1CCN(C2CCS(=O)(=O)CC2)C1. The molecule has 1 unspecified atom stereocenters. The first-order valence-corrected chi connectivity index (χ1v) is 7.95. The maximum atomic E-state index is 11.3. The van der Waals surface area contributed by atoms with E-state index in [-0.39, 0.29) is 23.8 Å². The van der Waals surface area contributed by atoms with Gasteiger partial charge in [0.2, 0.25) is 0 Å². The Morgan fingerprint density at radius 3 is 2.47 bits per heavy atom. The molecule has 0 aliphatic carbocycles. The Morgan fingerprint density at radius 2 is 1.88 bits per heavy atom. The molecule has 1 atom stereocenters. The van der Waals surface area contributed by atoms with E-state index < -0.39 is 15.8 Å². The zero-order valence-electron chi connectivity index (χ0n) is 9.84. The summed E-state index contributed by atoms with van der Waals surface area (Å²) < 4.78 is 22.6. The fourth-order valence-electron chi connectivity index (χ4n) is 2.85. The molecular formula is C11H19NO4S. The molecule has 0 bridgehead atoms. The third kappa shape index (κ3) is 3.42. The number of aliphatic carboxylic acids is 1. The molecule has 2 saturated heterocycles. The summed E-state index contributed by atoms with van der Waals surface area (Å²) in [5.41, 5.74) is 0. The van der Waals surface area contributed by atoms with Gasteiger partial charge < -0.3 is 10.0 Å². The van der Waals surface area contributed by atoms with Crippen molar-refractivity contribution in [1.82, 2.24) is 4.90 Å². The molecule has 6 heteroatoms. The lowest BCUT2D eigenvalue weighted by atomic mass is 10.1. The van der Waals surface area contributed by atoms with Gasteiger partial charge in [0.1, 0.15) is 9.84 Å². The molecule has 0 amide bonds. The highest BCUT2D eigenvalue weighted by Crippen LogP contribution is 2.26. The normalized spacial score (nSPS) is 30.5. The fraction of sp³-hybridized carbons (Fsp3) is 0.909. The number of sulfone groups is 1. The Balaban J connectivity index is 1.83. The van der Waals surface area contributed by atoms with Gasteiger partial charge in [-0.1, -0.05) is 0 Å². The van der Waals surface area contributed by atoms with Gasteiger partial charge in [0.25, 0.3) is 0 Å². The van der Waals surface area contributed by atoms with Crippen LogP contribution in [0.4, 0.5) is 0 Å². The zero-order chi connectivity index (χ0) is 12.5. The number of carboxylic acids is 1. The Morgan fingerprint density at radius 1 is 1.24 bits per heavy atom. The monoisotopic (exact) mass is 261 g/mol. The van der Waals surface area contributed by atoms with Crippen molar-refractivity contribution in [2.24, 2.45) is 5.92 Å². The van der Waals surface area contributed by atoms with Crippen LogP contribution in [0.3, 0.4) is 0 Å². The second-order valence-electron chi connectivity index (χ2n) is 5.13. The van der Waals surface area contributed by atoms with E-state index in [2.05, 4.69) is 4.90 Å². The lowest BCUT2D eigenvalue weighted by Gasteiger charge is -2.30. The van der Waals surface area contributed by atoms with E-state index in [4.69, 9.17) is 5.11 Å². The van der Waals surface area contributed by atoms with Crippen molar-refractivity contribution in [3.05, 3.63) is 0 Å². The molecule has 2 rings (SSSR count). The van der Waals surface area contributed by atoms with E-state index >= 15 is 0 Å². The highest BCUT2D eigenvalue weighted by molar-refractivity contribution is 7.91. The molecule has 0 saturated carbocycles. The van der Waals surface area contributed by atoms with E-state index in [1.807, 2.05) is 0 Å². The molecule has 98 valence electrons. The van der Waals surface area contributed by atoms with Gasteiger partial charge in [-0.25, -0.2) is 8.42 Å². The molecule has 2 aliphatic rings.